The van der Waals surface area contributed by atoms with Gasteiger partial charge in [0.25, 0.3) is 0 Å². The van der Waals surface area contributed by atoms with Crippen LogP contribution in [-0.4, -0.2) is 24.9 Å². The minimum Gasteiger partial charge on any atom is -0.493 e. The lowest BCUT2D eigenvalue weighted by Gasteiger charge is -2.14. The summed E-state index contributed by atoms with van der Waals surface area (Å²) in [5.74, 6) is 2.18. The van der Waals surface area contributed by atoms with E-state index in [2.05, 4.69) is 0 Å². The first kappa shape index (κ1) is 20.0. The fourth-order valence-corrected chi connectivity index (χ4v) is 3.75. The van der Waals surface area contributed by atoms with Crippen LogP contribution in [0.2, 0.25) is 0 Å². The number of hydrogen-bond acceptors (Lipinski definition) is 4. The highest BCUT2D eigenvalue weighted by molar-refractivity contribution is 7.98. The van der Waals surface area contributed by atoms with E-state index in [-0.39, 0.29) is 5.97 Å². The minimum absolute atomic E-state index is 0.266. The average molecular weight is 393 g/mol. The number of esters is 1. The van der Waals surface area contributed by atoms with Gasteiger partial charge >= 0.3 is 5.97 Å². The van der Waals surface area contributed by atoms with Crippen molar-refractivity contribution in [3.8, 4) is 16.9 Å². The van der Waals surface area contributed by atoms with Crippen molar-refractivity contribution in [3.63, 3.8) is 0 Å². The van der Waals surface area contributed by atoms with Crippen LogP contribution in [0.1, 0.15) is 22.8 Å². The molecule has 144 valence electrons. The molecule has 0 aliphatic carbocycles. The number of ether oxygens (including phenoxy) is 2. The molecule has 0 amide bonds. The molecule has 0 aliphatic rings. The van der Waals surface area contributed by atoms with Crippen LogP contribution in [0.25, 0.3) is 11.1 Å². The zero-order valence-electron chi connectivity index (χ0n) is 16.0. The van der Waals surface area contributed by atoms with Gasteiger partial charge in [0, 0.05) is 11.5 Å². The van der Waals surface area contributed by atoms with E-state index in [9.17, 15) is 4.79 Å². The zero-order chi connectivity index (χ0) is 19.6. The molecule has 0 radical (unpaired) electrons. The maximum atomic E-state index is 12.7. The van der Waals surface area contributed by atoms with Crippen molar-refractivity contribution in [1.29, 1.82) is 0 Å². The molecular formula is C24H24O3S. The van der Waals surface area contributed by atoms with E-state index >= 15 is 0 Å². The van der Waals surface area contributed by atoms with Gasteiger partial charge in [-0.1, -0.05) is 66.7 Å². The SMILES string of the molecule is CCOC(=O)c1c(CSCCOc2ccccc2)cccc1-c1ccccc1. The molecule has 0 aromatic heterocycles. The molecule has 0 unspecified atom stereocenters. The Morgan fingerprint density at radius 3 is 2.32 bits per heavy atom. The number of thioether (sulfide) groups is 1. The predicted molar refractivity (Wildman–Crippen MR) is 116 cm³/mol. The molecule has 0 aliphatic heterocycles. The Labute approximate surface area is 170 Å². The molecule has 0 atom stereocenters. The Kier molecular flexibility index (Phi) is 7.56. The number of benzene rings is 3. The van der Waals surface area contributed by atoms with E-state index in [1.54, 1.807) is 11.8 Å². The summed E-state index contributed by atoms with van der Waals surface area (Å²) in [7, 11) is 0. The van der Waals surface area contributed by atoms with Gasteiger partial charge < -0.3 is 9.47 Å². The largest absolute Gasteiger partial charge is 0.493 e. The lowest BCUT2D eigenvalue weighted by atomic mass is 9.96. The van der Waals surface area contributed by atoms with Crippen LogP contribution < -0.4 is 4.74 Å². The highest BCUT2D eigenvalue weighted by Gasteiger charge is 2.18. The molecule has 0 spiro atoms. The van der Waals surface area contributed by atoms with Crippen molar-refractivity contribution in [2.45, 2.75) is 12.7 Å². The number of para-hydroxylation sites is 1. The molecule has 3 aromatic carbocycles. The average Bonchev–Trinajstić information content (AvgIpc) is 2.75. The van der Waals surface area contributed by atoms with Crippen LogP contribution in [0.15, 0.2) is 78.9 Å². The lowest BCUT2D eigenvalue weighted by Crippen LogP contribution is -2.10. The quantitative estimate of drug-likeness (QED) is 0.338. The van der Waals surface area contributed by atoms with Crippen molar-refractivity contribution >= 4 is 17.7 Å². The Morgan fingerprint density at radius 1 is 0.893 bits per heavy atom. The van der Waals surface area contributed by atoms with Gasteiger partial charge in [0.2, 0.25) is 0 Å². The van der Waals surface area contributed by atoms with Crippen LogP contribution in [-0.2, 0) is 10.5 Å². The van der Waals surface area contributed by atoms with Gasteiger partial charge in [-0.05, 0) is 35.7 Å². The van der Waals surface area contributed by atoms with Crippen LogP contribution in [0.5, 0.6) is 5.75 Å². The molecule has 28 heavy (non-hydrogen) atoms. The third-order valence-electron chi connectivity index (χ3n) is 4.21. The molecule has 3 aromatic rings. The molecule has 3 nitrogen and oxygen atoms in total. The second kappa shape index (κ2) is 10.6. The zero-order valence-corrected chi connectivity index (χ0v) is 16.8. The van der Waals surface area contributed by atoms with E-state index in [1.807, 2.05) is 85.8 Å². The smallest absolute Gasteiger partial charge is 0.339 e. The summed E-state index contributed by atoms with van der Waals surface area (Å²) in [4.78, 5) is 12.7. The van der Waals surface area contributed by atoms with Crippen molar-refractivity contribution in [3.05, 3.63) is 90.0 Å². The van der Waals surface area contributed by atoms with E-state index in [0.717, 1.165) is 33.9 Å². The molecule has 0 bridgehead atoms. The number of carbonyl (C=O) groups excluding carboxylic acids is 1. The second-order valence-electron chi connectivity index (χ2n) is 6.14. The van der Waals surface area contributed by atoms with E-state index < -0.39 is 0 Å². The fraction of sp³-hybridized carbons (Fsp3) is 0.208. The summed E-state index contributed by atoms with van der Waals surface area (Å²) in [6.45, 7) is 2.82. The minimum atomic E-state index is -0.266. The summed E-state index contributed by atoms with van der Waals surface area (Å²) in [5.41, 5.74) is 3.58. The first-order chi connectivity index (χ1) is 13.8. The number of hydrogen-bond donors (Lipinski definition) is 0. The lowest BCUT2D eigenvalue weighted by molar-refractivity contribution is 0.0526. The monoisotopic (exact) mass is 392 g/mol. The molecule has 0 saturated heterocycles. The summed E-state index contributed by atoms with van der Waals surface area (Å²) in [6.07, 6.45) is 0. The predicted octanol–water partition coefficient (Wildman–Crippen LogP) is 5.84. The van der Waals surface area contributed by atoms with E-state index in [0.29, 0.717) is 18.8 Å². The van der Waals surface area contributed by atoms with Gasteiger partial charge in [-0.15, -0.1) is 0 Å². The highest BCUT2D eigenvalue weighted by Crippen LogP contribution is 2.29. The fourth-order valence-electron chi connectivity index (χ4n) is 2.94. The van der Waals surface area contributed by atoms with Gasteiger partial charge in [-0.25, -0.2) is 4.79 Å². The first-order valence-electron chi connectivity index (χ1n) is 9.39. The first-order valence-corrected chi connectivity index (χ1v) is 10.5. The van der Waals surface area contributed by atoms with Crippen molar-refractivity contribution in [2.24, 2.45) is 0 Å². The summed E-state index contributed by atoms with van der Waals surface area (Å²) in [6, 6.07) is 25.7. The topological polar surface area (TPSA) is 35.5 Å². The number of rotatable bonds is 9. The maximum Gasteiger partial charge on any atom is 0.339 e. The van der Waals surface area contributed by atoms with E-state index in [4.69, 9.17) is 9.47 Å². The van der Waals surface area contributed by atoms with Gasteiger partial charge in [-0.3, -0.25) is 0 Å². The Bertz CT molecular complexity index is 879. The van der Waals surface area contributed by atoms with Gasteiger partial charge in [0.15, 0.2) is 0 Å². The van der Waals surface area contributed by atoms with Gasteiger partial charge in [-0.2, -0.15) is 11.8 Å². The Morgan fingerprint density at radius 2 is 1.61 bits per heavy atom. The Balaban J connectivity index is 1.70. The van der Waals surface area contributed by atoms with E-state index in [1.165, 1.54) is 0 Å². The third-order valence-corrected chi connectivity index (χ3v) is 5.18. The van der Waals surface area contributed by atoms with Crippen LogP contribution in [0, 0.1) is 0 Å². The number of carbonyl (C=O) groups is 1. The van der Waals surface area contributed by atoms with Crippen molar-refractivity contribution in [2.75, 3.05) is 19.0 Å². The van der Waals surface area contributed by atoms with Crippen molar-refractivity contribution in [1.82, 2.24) is 0 Å². The highest BCUT2D eigenvalue weighted by atomic mass is 32.2. The molecule has 0 N–H and O–H groups in total. The molecule has 3 rings (SSSR count). The molecule has 0 saturated carbocycles. The molecule has 0 fully saturated rings. The molecule has 0 heterocycles. The molecule has 4 heteroatoms. The maximum absolute atomic E-state index is 12.7. The normalized spacial score (nSPS) is 10.5. The standard InChI is InChI=1S/C24H24O3S/c1-2-26-24(25)23-20(12-9-15-22(23)19-10-5-3-6-11-19)18-28-17-16-27-21-13-7-4-8-14-21/h3-15H,2,16-18H2,1H3. The van der Waals surface area contributed by atoms with Gasteiger partial charge in [0.05, 0.1) is 18.8 Å². The van der Waals surface area contributed by atoms with Crippen LogP contribution in [0.3, 0.4) is 0 Å². The van der Waals surface area contributed by atoms with Gasteiger partial charge in [0.1, 0.15) is 5.75 Å². The summed E-state index contributed by atoms with van der Waals surface area (Å²) >= 11 is 1.75. The molecular weight excluding hydrogens is 368 g/mol. The summed E-state index contributed by atoms with van der Waals surface area (Å²) < 4.78 is 11.1. The van der Waals surface area contributed by atoms with Crippen molar-refractivity contribution < 1.29 is 14.3 Å². The second-order valence-corrected chi connectivity index (χ2v) is 7.25. The van der Waals surface area contributed by atoms with Crippen LogP contribution >= 0.6 is 11.8 Å². The third kappa shape index (κ3) is 5.40. The summed E-state index contributed by atoms with van der Waals surface area (Å²) in [5, 5.41) is 0. The van der Waals surface area contributed by atoms with Crippen LogP contribution in [0.4, 0.5) is 0 Å². The Hall–Kier alpha value is -2.72.